The lowest BCUT2D eigenvalue weighted by Gasteiger charge is -2.34. The molecule has 3 heterocycles. The maximum Gasteiger partial charge on any atom is 0.223 e. The van der Waals surface area contributed by atoms with E-state index in [0.717, 1.165) is 69.1 Å². The summed E-state index contributed by atoms with van der Waals surface area (Å²) >= 11 is 0. The average Bonchev–Trinajstić information content (AvgIpc) is 2.84. The number of carbonyl (C=O) groups is 1. The summed E-state index contributed by atoms with van der Waals surface area (Å²) in [6.45, 7) is 6.32. The molecule has 7 nitrogen and oxygen atoms in total. The molecule has 2 saturated heterocycles. The second kappa shape index (κ2) is 10.1. The van der Waals surface area contributed by atoms with E-state index in [0.29, 0.717) is 12.5 Å². The first kappa shape index (κ1) is 21.6. The molecule has 1 atom stereocenters. The molecular weight excluding hydrogens is 390 g/mol. The van der Waals surface area contributed by atoms with Crippen LogP contribution in [0, 0.1) is 18.8 Å². The number of aryl methyl sites for hydroxylation is 1. The topological polar surface area (TPSA) is 81.6 Å². The highest BCUT2D eigenvalue weighted by Crippen LogP contribution is 2.26. The summed E-state index contributed by atoms with van der Waals surface area (Å²) in [7, 11) is 0. The van der Waals surface area contributed by atoms with Gasteiger partial charge < -0.3 is 20.2 Å². The van der Waals surface area contributed by atoms with E-state index in [1.165, 1.54) is 5.56 Å². The Balaban J connectivity index is 1.29. The van der Waals surface area contributed by atoms with Crippen LogP contribution in [-0.4, -0.2) is 53.8 Å². The Morgan fingerprint density at radius 3 is 2.48 bits per heavy atom. The van der Waals surface area contributed by atoms with Gasteiger partial charge in [-0.2, -0.15) is 0 Å². The molecule has 1 unspecified atom stereocenters. The first-order valence-electron chi connectivity index (χ1n) is 11.4. The normalized spacial score (nSPS) is 20.0. The van der Waals surface area contributed by atoms with Crippen LogP contribution in [0.2, 0.25) is 0 Å². The number of aromatic nitrogens is 2. The number of nitrogens with one attached hydrogen (secondary N) is 1. The van der Waals surface area contributed by atoms with E-state index in [9.17, 15) is 9.90 Å². The largest absolute Gasteiger partial charge is 0.396 e. The van der Waals surface area contributed by atoms with E-state index in [-0.39, 0.29) is 18.4 Å². The van der Waals surface area contributed by atoms with Gasteiger partial charge in [0.25, 0.3) is 0 Å². The van der Waals surface area contributed by atoms with Crippen molar-refractivity contribution in [3.05, 3.63) is 47.8 Å². The Kier molecular flexibility index (Phi) is 7.02. The van der Waals surface area contributed by atoms with Gasteiger partial charge in [0.15, 0.2) is 0 Å². The Labute approximate surface area is 184 Å². The summed E-state index contributed by atoms with van der Waals surface area (Å²) in [5, 5.41) is 12.6. The second-order valence-electron chi connectivity index (χ2n) is 8.84. The standard InChI is InChI=1S/C24H33N5O2/c1-18-4-6-19(7-5-18)14-25-24(31)21-8-11-28(12-9-21)22-13-23(27-17-26-22)29-10-2-3-20(15-29)16-30/h4-7,13,17,20-21,30H,2-3,8-12,14-16H2,1H3,(H,25,31). The van der Waals surface area contributed by atoms with Crippen LogP contribution < -0.4 is 15.1 Å². The van der Waals surface area contributed by atoms with Gasteiger partial charge in [0.2, 0.25) is 5.91 Å². The first-order valence-corrected chi connectivity index (χ1v) is 11.4. The lowest BCUT2D eigenvalue weighted by atomic mass is 9.95. The van der Waals surface area contributed by atoms with Gasteiger partial charge in [0, 0.05) is 51.3 Å². The van der Waals surface area contributed by atoms with Crippen molar-refractivity contribution in [3.8, 4) is 0 Å². The highest BCUT2D eigenvalue weighted by molar-refractivity contribution is 5.79. The molecule has 2 N–H and O–H groups in total. The van der Waals surface area contributed by atoms with Gasteiger partial charge in [-0.05, 0) is 44.1 Å². The lowest BCUT2D eigenvalue weighted by Crippen LogP contribution is -2.41. The van der Waals surface area contributed by atoms with Crippen molar-refractivity contribution in [2.24, 2.45) is 11.8 Å². The zero-order chi connectivity index (χ0) is 21.6. The van der Waals surface area contributed by atoms with Crippen molar-refractivity contribution < 1.29 is 9.90 Å². The molecule has 1 aromatic heterocycles. The molecule has 2 aliphatic rings. The predicted molar refractivity (Wildman–Crippen MR) is 122 cm³/mol. The summed E-state index contributed by atoms with van der Waals surface area (Å²) in [4.78, 5) is 26.1. The predicted octanol–water partition coefficient (Wildman–Crippen LogP) is 2.53. The number of anilines is 2. The van der Waals surface area contributed by atoms with E-state index < -0.39 is 0 Å². The van der Waals surface area contributed by atoms with Crippen LogP contribution in [0.3, 0.4) is 0 Å². The number of amides is 1. The molecule has 0 radical (unpaired) electrons. The zero-order valence-corrected chi connectivity index (χ0v) is 18.3. The van der Waals surface area contributed by atoms with E-state index in [1.54, 1.807) is 6.33 Å². The fraction of sp³-hybridized carbons (Fsp3) is 0.542. The molecule has 7 heteroatoms. The molecule has 2 aliphatic heterocycles. The summed E-state index contributed by atoms with van der Waals surface area (Å²) < 4.78 is 0. The molecule has 0 spiro atoms. The van der Waals surface area contributed by atoms with E-state index in [2.05, 4.69) is 62.3 Å². The zero-order valence-electron chi connectivity index (χ0n) is 18.3. The summed E-state index contributed by atoms with van der Waals surface area (Å²) in [5.41, 5.74) is 2.36. The van der Waals surface area contributed by atoms with Gasteiger partial charge >= 0.3 is 0 Å². The number of nitrogens with zero attached hydrogens (tertiary/aromatic N) is 4. The number of rotatable bonds is 6. The maximum atomic E-state index is 12.6. The van der Waals surface area contributed by atoms with Gasteiger partial charge in [-0.15, -0.1) is 0 Å². The van der Waals surface area contributed by atoms with Gasteiger partial charge in [-0.25, -0.2) is 9.97 Å². The third kappa shape index (κ3) is 5.53. The average molecular weight is 424 g/mol. The Morgan fingerprint density at radius 1 is 1.06 bits per heavy atom. The monoisotopic (exact) mass is 423 g/mol. The highest BCUT2D eigenvalue weighted by atomic mass is 16.3. The van der Waals surface area contributed by atoms with Gasteiger partial charge in [-0.3, -0.25) is 4.79 Å². The van der Waals surface area contributed by atoms with E-state index in [1.807, 2.05) is 0 Å². The smallest absolute Gasteiger partial charge is 0.223 e. The molecule has 1 amide bonds. The number of carbonyl (C=O) groups excluding carboxylic acids is 1. The SMILES string of the molecule is Cc1ccc(CNC(=O)C2CCN(c3cc(N4CCCC(CO)C4)ncn3)CC2)cc1. The molecular formula is C24H33N5O2. The minimum absolute atomic E-state index is 0.0513. The summed E-state index contributed by atoms with van der Waals surface area (Å²) in [5.74, 6) is 2.37. The van der Waals surface area contributed by atoms with E-state index >= 15 is 0 Å². The van der Waals surface area contributed by atoms with Crippen molar-refractivity contribution in [1.82, 2.24) is 15.3 Å². The Morgan fingerprint density at radius 2 is 1.77 bits per heavy atom. The van der Waals surface area contributed by atoms with Crippen LogP contribution in [0.25, 0.3) is 0 Å². The van der Waals surface area contributed by atoms with Crippen LogP contribution >= 0.6 is 0 Å². The van der Waals surface area contributed by atoms with Crippen LogP contribution in [0.5, 0.6) is 0 Å². The van der Waals surface area contributed by atoms with Crippen molar-refractivity contribution in [2.75, 3.05) is 42.6 Å². The van der Waals surface area contributed by atoms with Crippen molar-refractivity contribution in [2.45, 2.75) is 39.2 Å². The fourth-order valence-corrected chi connectivity index (χ4v) is 4.52. The lowest BCUT2D eigenvalue weighted by molar-refractivity contribution is -0.125. The number of benzene rings is 1. The van der Waals surface area contributed by atoms with E-state index in [4.69, 9.17) is 0 Å². The number of aliphatic hydroxyl groups is 1. The van der Waals surface area contributed by atoms with Crippen LogP contribution in [-0.2, 0) is 11.3 Å². The quantitative estimate of drug-likeness (QED) is 0.743. The van der Waals surface area contributed by atoms with Crippen LogP contribution in [0.4, 0.5) is 11.6 Å². The number of hydrogen-bond donors (Lipinski definition) is 2. The van der Waals surface area contributed by atoms with Gasteiger partial charge in [-0.1, -0.05) is 29.8 Å². The fourth-order valence-electron chi connectivity index (χ4n) is 4.52. The molecule has 166 valence electrons. The summed E-state index contributed by atoms with van der Waals surface area (Å²) in [6, 6.07) is 10.3. The molecule has 1 aromatic carbocycles. The molecule has 31 heavy (non-hydrogen) atoms. The molecule has 0 bridgehead atoms. The second-order valence-corrected chi connectivity index (χ2v) is 8.84. The van der Waals surface area contributed by atoms with Gasteiger partial charge in [0.05, 0.1) is 0 Å². The van der Waals surface area contributed by atoms with Crippen LogP contribution in [0.15, 0.2) is 36.7 Å². The molecule has 2 fully saturated rings. The Bertz CT molecular complexity index is 865. The number of aliphatic hydroxyl groups excluding tert-OH is 1. The Hall–Kier alpha value is -2.67. The number of hydrogen-bond acceptors (Lipinski definition) is 6. The van der Waals surface area contributed by atoms with Crippen LogP contribution in [0.1, 0.15) is 36.8 Å². The minimum Gasteiger partial charge on any atom is -0.396 e. The van der Waals surface area contributed by atoms with Crippen molar-refractivity contribution >= 4 is 17.5 Å². The van der Waals surface area contributed by atoms with Crippen molar-refractivity contribution in [3.63, 3.8) is 0 Å². The molecule has 0 saturated carbocycles. The maximum absolute atomic E-state index is 12.6. The minimum atomic E-state index is 0.0513. The van der Waals surface area contributed by atoms with Gasteiger partial charge in [0.1, 0.15) is 18.0 Å². The third-order valence-electron chi connectivity index (χ3n) is 6.52. The number of piperidine rings is 2. The molecule has 0 aliphatic carbocycles. The molecule has 4 rings (SSSR count). The first-order chi connectivity index (χ1) is 15.1. The van der Waals surface area contributed by atoms with Crippen molar-refractivity contribution in [1.29, 1.82) is 0 Å². The summed E-state index contributed by atoms with van der Waals surface area (Å²) in [6.07, 6.45) is 5.44. The third-order valence-corrected chi connectivity index (χ3v) is 6.52. The molecule has 2 aromatic rings. The highest BCUT2D eigenvalue weighted by Gasteiger charge is 2.26.